The highest BCUT2D eigenvalue weighted by Crippen LogP contribution is 2.24. The molecule has 0 aliphatic carbocycles. The van der Waals surface area contributed by atoms with Crippen molar-refractivity contribution in [1.82, 2.24) is 9.97 Å². The van der Waals surface area contributed by atoms with Crippen LogP contribution in [-0.4, -0.2) is 17.0 Å². The van der Waals surface area contributed by atoms with E-state index in [-0.39, 0.29) is 0 Å². The standard InChI is InChI=1S/C13H12ClN5/c1-8-17-12(16-2)6-13(18-8)19-11-5-10(14)4-3-9(11)7-15/h3-6H,1-2H3,(H2,16,17,18,19). The Morgan fingerprint density at radius 2 is 1.95 bits per heavy atom. The second-order valence-corrected chi connectivity index (χ2v) is 4.30. The summed E-state index contributed by atoms with van der Waals surface area (Å²) >= 11 is 5.94. The molecule has 5 nitrogen and oxygen atoms in total. The molecule has 0 aliphatic rings. The molecule has 0 spiro atoms. The summed E-state index contributed by atoms with van der Waals surface area (Å²) < 4.78 is 0. The summed E-state index contributed by atoms with van der Waals surface area (Å²) in [6.45, 7) is 1.80. The molecule has 0 fully saturated rings. The largest absolute Gasteiger partial charge is 0.373 e. The van der Waals surface area contributed by atoms with E-state index in [0.29, 0.717) is 33.7 Å². The van der Waals surface area contributed by atoms with Gasteiger partial charge in [-0.3, -0.25) is 0 Å². The second-order valence-electron chi connectivity index (χ2n) is 3.86. The van der Waals surface area contributed by atoms with Crippen LogP contribution in [0.15, 0.2) is 24.3 Å². The van der Waals surface area contributed by atoms with E-state index in [1.54, 1.807) is 38.2 Å². The van der Waals surface area contributed by atoms with E-state index in [4.69, 9.17) is 16.9 Å². The van der Waals surface area contributed by atoms with E-state index in [1.165, 1.54) is 0 Å². The molecule has 0 bridgehead atoms. The van der Waals surface area contributed by atoms with Gasteiger partial charge in [-0.25, -0.2) is 9.97 Å². The van der Waals surface area contributed by atoms with Crippen LogP contribution in [0.5, 0.6) is 0 Å². The summed E-state index contributed by atoms with van der Waals surface area (Å²) in [4.78, 5) is 8.47. The smallest absolute Gasteiger partial charge is 0.136 e. The van der Waals surface area contributed by atoms with Crippen molar-refractivity contribution in [3.05, 3.63) is 40.7 Å². The zero-order valence-electron chi connectivity index (χ0n) is 10.5. The van der Waals surface area contributed by atoms with Crippen LogP contribution >= 0.6 is 11.6 Å². The van der Waals surface area contributed by atoms with Gasteiger partial charge in [-0.1, -0.05) is 11.6 Å². The van der Waals surface area contributed by atoms with Crippen LogP contribution in [0.4, 0.5) is 17.3 Å². The van der Waals surface area contributed by atoms with Crippen molar-refractivity contribution in [3.63, 3.8) is 0 Å². The van der Waals surface area contributed by atoms with Crippen molar-refractivity contribution in [3.8, 4) is 6.07 Å². The van der Waals surface area contributed by atoms with Crippen molar-refractivity contribution < 1.29 is 0 Å². The first-order valence-electron chi connectivity index (χ1n) is 5.62. The molecule has 0 unspecified atom stereocenters. The van der Waals surface area contributed by atoms with E-state index >= 15 is 0 Å². The molecule has 6 heteroatoms. The molecule has 1 heterocycles. The Balaban J connectivity index is 2.38. The van der Waals surface area contributed by atoms with Gasteiger partial charge in [0.15, 0.2) is 0 Å². The van der Waals surface area contributed by atoms with Crippen LogP contribution < -0.4 is 10.6 Å². The normalized spacial score (nSPS) is 9.79. The first-order chi connectivity index (χ1) is 9.12. The van der Waals surface area contributed by atoms with Crippen molar-refractivity contribution in [1.29, 1.82) is 5.26 Å². The molecule has 1 aromatic heterocycles. The van der Waals surface area contributed by atoms with Crippen LogP contribution in [0.3, 0.4) is 0 Å². The number of nitrogens with one attached hydrogen (secondary N) is 2. The average Bonchev–Trinajstić information content (AvgIpc) is 2.38. The molecule has 2 N–H and O–H groups in total. The number of benzene rings is 1. The van der Waals surface area contributed by atoms with Crippen molar-refractivity contribution in [2.45, 2.75) is 6.92 Å². The first kappa shape index (κ1) is 13.1. The third-order valence-electron chi connectivity index (χ3n) is 2.46. The predicted octanol–water partition coefficient (Wildman–Crippen LogP) is 3.10. The monoisotopic (exact) mass is 273 g/mol. The van der Waals surface area contributed by atoms with Gasteiger partial charge in [0, 0.05) is 18.1 Å². The third kappa shape index (κ3) is 3.12. The SMILES string of the molecule is CNc1cc(Nc2cc(Cl)ccc2C#N)nc(C)n1. The van der Waals surface area contributed by atoms with Gasteiger partial charge >= 0.3 is 0 Å². The Morgan fingerprint density at radius 3 is 2.63 bits per heavy atom. The van der Waals surface area contributed by atoms with Gasteiger partial charge in [0.25, 0.3) is 0 Å². The molecule has 0 atom stereocenters. The lowest BCUT2D eigenvalue weighted by Crippen LogP contribution is -2.02. The summed E-state index contributed by atoms with van der Waals surface area (Å²) in [6, 6.07) is 8.90. The highest BCUT2D eigenvalue weighted by atomic mass is 35.5. The van der Waals surface area contributed by atoms with Gasteiger partial charge in [0.05, 0.1) is 11.3 Å². The van der Waals surface area contributed by atoms with Crippen molar-refractivity contribution >= 4 is 28.9 Å². The van der Waals surface area contributed by atoms with Crippen molar-refractivity contribution in [2.24, 2.45) is 0 Å². The van der Waals surface area contributed by atoms with Crippen LogP contribution in [0.1, 0.15) is 11.4 Å². The van der Waals surface area contributed by atoms with Gasteiger partial charge in [0.2, 0.25) is 0 Å². The fourth-order valence-electron chi connectivity index (χ4n) is 1.62. The molecule has 0 saturated heterocycles. The molecule has 2 aromatic rings. The number of nitrogens with zero attached hydrogens (tertiary/aromatic N) is 3. The minimum absolute atomic E-state index is 0.506. The Morgan fingerprint density at radius 1 is 1.21 bits per heavy atom. The summed E-state index contributed by atoms with van der Waals surface area (Å²) in [7, 11) is 1.78. The van der Waals surface area contributed by atoms with Gasteiger partial charge < -0.3 is 10.6 Å². The highest BCUT2D eigenvalue weighted by Gasteiger charge is 2.06. The number of nitriles is 1. The summed E-state index contributed by atoms with van der Waals surface area (Å²) in [6.07, 6.45) is 0. The zero-order valence-corrected chi connectivity index (χ0v) is 11.3. The maximum absolute atomic E-state index is 9.06. The van der Waals surface area contributed by atoms with Crippen LogP contribution in [0, 0.1) is 18.3 Å². The van der Waals surface area contributed by atoms with E-state index in [0.717, 1.165) is 0 Å². The van der Waals surface area contributed by atoms with Gasteiger partial charge in [-0.15, -0.1) is 0 Å². The van der Waals surface area contributed by atoms with Crippen LogP contribution in [0.2, 0.25) is 5.02 Å². The molecule has 0 radical (unpaired) electrons. The molecule has 1 aromatic carbocycles. The number of hydrogen-bond donors (Lipinski definition) is 2. The second kappa shape index (κ2) is 5.55. The molecule has 19 heavy (non-hydrogen) atoms. The topological polar surface area (TPSA) is 73.6 Å². The lowest BCUT2D eigenvalue weighted by molar-refractivity contribution is 1.06. The van der Waals surface area contributed by atoms with Crippen LogP contribution in [0.25, 0.3) is 0 Å². The lowest BCUT2D eigenvalue weighted by atomic mass is 10.2. The minimum atomic E-state index is 0.506. The zero-order chi connectivity index (χ0) is 13.8. The Labute approximate surface area is 116 Å². The molecular weight excluding hydrogens is 262 g/mol. The molecular formula is C13H12ClN5. The molecule has 2 rings (SSSR count). The van der Waals surface area contributed by atoms with Crippen molar-refractivity contribution in [2.75, 3.05) is 17.7 Å². The maximum Gasteiger partial charge on any atom is 0.136 e. The molecule has 0 aliphatic heterocycles. The Kier molecular flexibility index (Phi) is 3.83. The summed E-state index contributed by atoms with van der Waals surface area (Å²) in [5.41, 5.74) is 1.13. The van der Waals surface area contributed by atoms with E-state index in [2.05, 4.69) is 26.7 Å². The molecule has 0 saturated carbocycles. The van der Waals surface area contributed by atoms with Gasteiger partial charge in [0.1, 0.15) is 23.5 Å². The third-order valence-corrected chi connectivity index (χ3v) is 2.69. The van der Waals surface area contributed by atoms with Gasteiger partial charge in [-0.05, 0) is 25.1 Å². The van der Waals surface area contributed by atoms with E-state index in [1.807, 2.05) is 0 Å². The average molecular weight is 274 g/mol. The minimum Gasteiger partial charge on any atom is -0.373 e. The van der Waals surface area contributed by atoms with E-state index < -0.39 is 0 Å². The van der Waals surface area contributed by atoms with Crippen LogP contribution in [-0.2, 0) is 0 Å². The number of halogens is 1. The first-order valence-corrected chi connectivity index (χ1v) is 6.00. The number of aromatic nitrogens is 2. The quantitative estimate of drug-likeness (QED) is 0.899. The number of rotatable bonds is 3. The number of aryl methyl sites for hydroxylation is 1. The fraction of sp³-hybridized carbons (Fsp3) is 0.154. The number of anilines is 3. The predicted molar refractivity (Wildman–Crippen MR) is 75.8 cm³/mol. The summed E-state index contributed by atoms with van der Waals surface area (Å²) in [5.74, 6) is 1.95. The van der Waals surface area contributed by atoms with E-state index in [9.17, 15) is 0 Å². The number of hydrogen-bond acceptors (Lipinski definition) is 5. The Bertz CT molecular complexity index is 648. The van der Waals surface area contributed by atoms with Gasteiger partial charge in [-0.2, -0.15) is 5.26 Å². The fourth-order valence-corrected chi connectivity index (χ4v) is 1.79. The molecule has 0 amide bonds. The highest BCUT2D eigenvalue weighted by molar-refractivity contribution is 6.30. The maximum atomic E-state index is 9.06. The molecule has 96 valence electrons. The lowest BCUT2D eigenvalue weighted by Gasteiger charge is -2.10. The summed E-state index contributed by atoms with van der Waals surface area (Å²) in [5, 5.41) is 15.7. The Hall–Kier alpha value is -2.32.